The Kier molecular flexibility index (Phi) is 5.00. The third-order valence-electron chi connectivity index (χ3n) is 3.02. The molecule has 0 saturated heterocycles. The Morgan fingerprint density at radius 2 is 2.21 bits per heavy atom. The number of halogens is 1. The summed E-state index contributed by atoms with van der Waals surface area (Å²) in [6, 6.07) is 7.91. The van der Waals surface area contributed by atoms with Gasteiger partial charge in [-0.05, 0) is 37.6 Å². The van der Waals surface area contributed by atoms with Crippen LogP contribution in [0.3, 0.4) is 0 Å². The monoisotopic (exact) mass is 277 g/mol. The summed E-state index contributed by atoms with van der Waals surface area (Å²) in [6.45, 7) is 6.91. The van der Waals surface area contributed by atoms with Gasteiger partial charge in [-0.15, -0.1) is 0 Å². The quantitative estimate of drug-likeness (QED) is 0.820. The van der Waals surface area contributed by atoms with Crippen LogP contribution in [0.1, 0.15) is 30.2 Å². The van der Waals surface area contributed by atoms with Gasteiger partial charge in [-0.25, -0.2) is 0 Å². The van der Waals surface area contributed by atoms with Gasteiger partial charge >= 0.3 is 0 Å². The Morgan fingerprint density at radius 3 is 2.95 bits per heavy atom. The molecule has 2 aromatic rings. The van der Waals surface area contributed by atoms with Crippen LogP contribution in [0.5, 0.6) is 0 Å². The van der Waals surface area contributed by atoms with Gasteiger partial charge in [0.05, 0.1) is 12.2 Å². The van der Waals surface area contributed by atoms with Crippen LogP contribution < -0.4 is 5.32 Å². The second-order valence-corrected chi connectivity index (χ2v) is 5.18. The minimum absolute atomic E-state index is 0.759. The number of aromatic nitrogens is 2. The summed E-state index contributed by atoms with van der Waals surface area (Å²) in [5, 5.41) is 8.72. The Labute approximate surface area is 119 Å². The lowest BCUT2D eigenvalue weighted by molar-refractivity contribution is 0.668. The van der Waals surface area contributed by atoms with Crippen molar-refractivity contribution in [2.45, 2.75) is 33.4 Å². The van der Waals surface area contributed by atoms with Crippen LogP contribution in [0.25, 0.3) is 0 Å². The topological polar surface area (TPSA) is 29.9 Å². The molecule has 102 valence electrons. The van der Waals surface area contributed by atoms with Gasteiger partial charge in [-0.1, -0.05) is 30.7 Å². The SMILES string of the molecule is CCCNCc1cn(Cc2cccc(Cl)c2)nc1C. The molecule has 2 rings (SSSR count). The van der Waals surface area contributed by atoms with E-state index in [2.05, 4.69) is 36.5 Å². The highest BCUT2D eigenvalue weighted by Crippen LogP contribution is 2.13. The van der Waals surface area contributed by atoms with E-state index in [-0.39, 0.29) is 0 Å². The van der Waals surface area contributed by atoms with Crippen molar-refractivity contribution in [2.24, 2.45) is 0 Å². The number of aryl methyl sites for hydroxylation is 1. The zero-order valence-corrected chi connectivity index (χ0v) is 12.2. The number of nitrogens with zero attached hydrogens (tertiary/aromatic N) is 2. The van der Waals surface area contributed by atoms with Gasteiger partial charge in [0.2, 0.25) is 0 Å². The van der Waals surface area contributed by atoms with E-state index >= 15 is 0 Å². The van der Waals surface area contributed by atoms with Crippen LogP contribution in [0, 0.1) is 6.92 Å². The molecule has 3 nitrogen and oxygen atoms in total. The van der Waals surface area contributed by atoms with Crippen molar-refractivity contribution in [1.29, 1.82) is 0 Å². The first kappa shape index (κ1) is 14.1. The zero-order valence-electron chi connectivity index (χ0n) is 11.5. The number of hydrogen-bond acceptors (Lipinski definition) is 2. The molecular formula is C15H20ClN3. The van der Waals surface area contributed by atoms with Gasteiger partial charge in [0, 0.05) is 23.3 Å². The molecule has 4 heteroatoms. The van der Waals surface area contributed by atoms with Crippen molar-refractivity contribution < 1.29 is 0 Å². The molecular weight excluding hydrogens is 258 g/mol. The largest absolute Gasteiger partial charge is 0.313 e. The molecule has 0 saturated carbocycles. The van der Waals surface area contributed by atoms with Gasteiger partial charge < -0.3 is 5.32 Å². The lowest BCUT2D eigenvalue weighted by atomic mass is 10.2. The first-order valence-corrected chi connectivity index (χ1v) is 7.05. The Morgan fingerprint density at radius 1 is 1.37 bits per heavy atom. The molecule has 19 heavy (non-hydrogen) atoms. The molecule has 0 atom stereocenters. The maximum Gasteiger partial charge on any atom is 0.0660 e. The third kappa shape index (κ3) is 4.08. The fourth-order valence-electron chi connectivity index (χ4n) is 2.04. The van der Waals surface area contributed by atoms with Gasteiger partial charge in [0.1, 0.15) is 0 Å². The summed E-state index contributed by atoms with van der Waals surface area (Å²) < 4.78 is 1.98. The molecule has 0 unspecified atom stereocenters. The standard InChI is InChI=1S/C15H20ClN3/c1-3-7-17-9-14-11-19(18-12(14)2)10-13-5-4-6-15(16)8-13/h4-6,8,11,17H,3,7,9-10H2,1-2H3. The summed E-state index contributed by atoms with van der Waals surface area (Å²) in [5.74, 6) is 0. The lowest BCUT2D eigenvalue weighted by Gasteiger charge is -2.02. The number of nitrogens with one attached hydrogen (secondary N) is 1. The van der Waals surface area contributed by atoms with Crippen LogP contribution in [0.4, 0.5) is 0 Å². The van der Waals surface area contributed by atoms with Crippen molar-refractivity contribution in [1.82, 2.24) is 15.1 Å². The van der Waals surface area contributed by atoms with E-state index in [1.54, 1.807) is 0 Å². The first-order chi connectivity index (χ1) is 9.19. The van der Waals surface area contributed by atoms with Gasteiger partial charge in [0.25, 0.3) is 0 Å². The van der Waals surface area contributed by atoms with Crippen molar-refractivity contribution in [2.75, 3.05) is 6.54 Å². The fraction of sp³-hybridized carbons (Fsp3) is 0.400. The molecule has 1 heterocycles. The Hall–Kier alpha value is -1.32. The van der Waals surface area contributed by atoms with Crippen LogP contribution in [-0.4, -0.2) is 16.3 Å². The van der Waals surface area contributed by atoms with Crippen molar-refractivity contribution in [3.63, 3.8) is 0 Å². The van der Waals surface area contributed by atoms with E-state index in [1.807, 2.05) is 22.9 Å². The molecule has 0 aliphatic rings. The molecule has 0 spiro atoms. The average molecular weight is 278 g/mol. The summed E-state index contributed by atoms with van der Waals surface area (Å²) in [4.78, 5) is 0. The molecule has 0 aliphatic carbocycles. The second-order valence-electron chi connectivity index (χ2n) is 4.74. The van der Waals surface area contributed by atoms with E-state index in [9.17, 15) is 0 Å². The zero-order chi connectivity index (χ0) is 13.7. The molecule has 1 aromatic carbocycles. The predicted octanol–water partition coefficient (Wildman–Crippen LogP) is 3.39. The Bertz CT molecular complexity index is 534. The molecule has 0 fully saturated rings. The number of benzene rings is 1. The molecule has 0 bridgehead atoms. The highest BCUT2D eigenvalue weighted by atomic mass is 35.5. The van der Waals surface area contributed by atoms with Gasteiger partial charge in [-0.2, -0.15) is 5.10 Å². The summed E-state index contributed by atoms with van der Waals surface area (Å²) in [7, 11) is 0. The van der Waals surface area contributed by atoms with Crippen molar-refractivity contribution in [3.8, 4) is 0 Å². The average Bonchev–Trinajstić information content (AvgIpc) is 2.70. The number of hydrogen-bond donors (Lipinski definition) is 1. The van der Waals surface area contributed by atoms with E-state index < -0.39 is 0 Å². The molecule has 1 N–H and O–H groups in total. The van der Waals surface area contributed by atoms with Gasteiger partial charge in [0.15, 0.2) is 0 Å². The Balaban J connectivity index is 2.03. The highest BCUT2D eigenvalue weighted by Gasteiger charge is 2.05. The molecule has 0 radical (unpaired) electrons. The minimum atomic E-state index is 0.759. The van der Waals surface area contributed by atoms with Crippen LogP contribution in [0.15, 0.2) is 30.5 Å². The summed E-state index contributed by atoms with van der Waals surface area (Å²) in [6.07, 6.45) is 3.26. The number of rotatable bonds is 6. The van der Waals surface area contributed by atoms with Gasteiger partial charge in [-0.3, -0.25) is 4.68 Å². The van der Waals surface area contributed by atoms with E-state index in [0.717, 1.165) is 36.8 Å². The van der Waals surface area contributed by atoms with Crippen molar-refractivity contribution >= 4 is 11.6 Å². The lowest BCUT2D eigenvalue weighted by Crippen LogP contribution is -2.13. The second kappa shape index (κ2) is 6.73. The molecule has 1 aromatic heterocycles. The fourth-order valence-corrected chi connectivity index (χ4v) is 2.25. The highest BCUT2D eigenvalue weighted by molar-refractivity contribution is 6.30. The van der Waals surface area contributed by atoms with Crippen LogP contribution in [-0.2, 0) is 13.1 Å². The normalized spacial score (nSPS) is 10.9. The maximum atomic E-state index is 5.99. The van der Waals surface area contributed by atoms with E-state index in [4.69, 9.17) is 11.6 Å². The molecule has 0 amide bonds. The first-order valence-electron chi connectivity index (χ1n) is 6.67. The maximum absolute atomic E-state index is 5.99. The predicted molar refractivity (Wildman–Crippen MR) is 79.5 cm³/mol. The van der Waals surface area contributed by atoms with Crippen LogP contribution in [0.2, 0.25) is 5.02 Å². The minimum Gasteiger partial charge on any atom is -0.313 e. The third-order valence-corrected chi connectivity index (χ3v) is 3.26. The molecule has 0 aliphatic heterocycles. The van der Waals surface area contributed by atoms with E-state index in [0.29, 0.717) is 0 Å². The smallest absolute Gasteiger partial charge is 0.0660 e. The van der Waals surface area contributed by atoms with E-state index in [1.165, 1.54) is 11.1 Å². The summed E-state index contributed by atoms with van der Waals surface area (Å²) >= 11 is 5.99. The van der Waals surface area contributed by atoms with Crippen LogP contribution >= 0.6 is 11.6 Å². The summed E-state index contributed by atoms with van der Waals surface area (Å²) in [5.41, 5.74) is 3.52. The van der Waals surface area contributed by atoms with Crippen molar-refractivity contribution in [3.05, 3.63) is 52.3 Å².